The van der Waals surface area contributed by atoms with E-state index < -0.39 is 18.0 Å². The Hall–Kier alpha value is -4.20. The van der Waals surface area contributed by atoms with Crippen LogP contribution in [0.5, 0.6) is 0 Å². The fourth-order valence-corrected chi connectivity index (χ4v) is 4.37. The molecule has 1 aliphatic heterocycles. The highest BCUT2D eigenvalue weighted by atomic mass is 16.4. The molecule has 1 atom stereocenters. The van der Waals surface area contributed by atoms with Gasteiger partial charge in [0.15, 0.2) is 0 Å². The van der Waals surface area contributed by atoms with Crippen molar-refractivity contribution in [2.75, 3.05) is 6.54 Å². The highest BCUT2D eigenvalue weighted by molar-refractivity contribution is 5.99. The van der Waals surface area contributed by atoms with Crippen molar-refractivity contribution in [2.45, 2.75) is 31.7 Å². The van der Waals surface area contributed by atoms with E-state index in [0.29, 0.717) is 25.5 Å². The van der Waals surface area contributed by atoms with E-state index in [1.807, 2.05) is 54.7 Å². The predicted molar refractivity (Wildman–Crippen MR) is 127 cm³/mol. The summed E-state index contributed by atoms with van der Waals surface area (Å²) in [4.78, 5) is 37.8. The van der Waals surface area contributed by atoms with E-state index in [0.717, 1.165) is 35.2 Å². The van der Waals surface area contributed by atoms with Crippen LogP contribution in [0.3, 0.4) is 0 Å². The standard InChI is InChI=1S/C26H25N3O5/c30-23(28-15-7-2-5-11-21(28)20(26(33)34)17-24(31)32)14-13-19-22-12-6-8-16-29(22)27-25(19)18-9-3-1-4-10-18/h1,3-4,6,8-10,12-14,16-17,21H,2,5,7,11,15H2,(H,31,32)(H,33,34)/b14-13?,20-17-. The number of benzene rings is 1. The van der Waals surface area contributed by atoms with E-state index in [4.69, 9.17) is 5.11 Å². The Kier molecular flexibility index (Phi) is 6.87. The zero-order valence-corrected chi connectivity index (χ0v) is 18.5. The molecular weight excluding hydrogens is 434 g/mol. The Balaban J connectivity index is 1.71. The predicted octanol–water partition coefficient (Wildman–Crippen LogP) is 3.88. The number of carboxylic acid groups (broad SMARTS) is 2. The first-order valence-corrected chi connectivity index (χ1v) is 11.1. The van der Waals surface area contributed by atoms with Gasteiger partial charge in [0.25, 0.3) is 0 Å². The molecule has 0 saturated carbocycles. The van der Waals surface area contributed by atoms with E-state index in [2.05, 4.69) is 5.10 Å². The van der Waals surface area contributed by atoms with E-state index in [9.17, 15) is 19.5 Å². The second kappa shape index (κ2) is 10.2. The van der Waals surface area contributed by atoms with Gasteiger partial charge in [0.05, 0.1) is 17.1 Å². The summed E-state index contributed by atoms with van der Waals surface area (Å²) in [5.74, 6) is -3.03. The Morgan fingerprint density at radius 3 is 2.47 bits per heavy atom. The Morgan fingerprint density at radius 1 is 0.971 bits per heavy atom. The fourth-order valence-electron chi connectivity index (χ4n) is 4.37. The second-order valence-electron chi connectivity index (χ2n) is 8.13. The number of hydrogen-bond donors (Lipinski definition) is 2. The third kappa shape index (κ3) is 4.91. The molecule has 2 aromatic heterocycles. The molecule has 174 valence electrons. The number of rotatable bonds is 6. The first kappa shape index (κ1) is 23.0. The van der Waals surface area contributed by atoms with Gasteiger partial charge in [-0.15, -0.1) is 0 Å². The fraction of sp³-hybridized carbons (Fsp3) is 0.231. The van der Waals surface area contributed by atoms with E-state index in [1.54, 1.807) is 10.6 Å². The monoisotopic (exact) mass is 459 g/mol. The van der Waals surface area contributed by atoms with Crippen molar-refractivity contribution in [2.24, 2.45) is 0 Å². The molecule has 2 N–H and O–H groups in total. The van der Waals surface area contributed by atoms with E-state index in [-0.39, 0.29) is 11.5 Å². The van der Waals surface area contributed by atoms with Crippen LogP contribution in [0.15, 0.2) is 72.5 Å². The van der Waals surface area contributed by atoms with E-state index in [1.165, 1.54) is 11.0 Å². The van der Waals surface area contributed by atoms with Crippen LogP contribution in [0.25, 0.3) is 22.9 Å². The third-order valence-electron chi connectivity index (χ3n) is 5.94. The van der Waals surface area contributed by atoms with Crippen LogP contribution >= 0.6 is 0 Å². The first-order valence-electron chi connectivity index (χ1n) is 11.1. The Labute approximate surface area is 196 Å². The van der Waals surface area contributed by atoms with Crippen LogP contribution in [0.4, 0.5) is 0 Å². The second-order valence-corrected chi connectivity index (χ2v) is 8.13. The number of carbonyl (C=O) groups excluding carboxylic acids is 1. The molecule has 0 bridgehead atoms. The zero-order valence-electron chi connectivity index (χ0n) is 18.5. The topological polar surface area (TPSA) is 112 Å². The normalized spacial score (nSPS) is 17.1. The molecule has 0 spiro atoms. The molecule has 4 rings (SSSR count). The molecule has 34 heavy (non-hydrogen) atoms. The molecule has 3 heterocycles. The molecule has 1 aliphatic rings. The third-order valence-corrected chi connectivity index (χ3v) is 5.94. The molecule has 1 saturated heterocycles. The Bertz CT molecular complexity index is 1280. The molecule has 1 aromatic carbocycles. The molecule has 0 radical (unpaired) electrons. The van der Waals surface area contributed by atoms with Crippen molar-refractivity contribution in [3.05, 3.63) is 78.0 Å². The minimum absolute atomic E-state index is 0.280. The highest BCUT2D eigenvalue weighted by Gasteiger charge is 2.31. The summed E-state index contributed by atoms with van der Waals surface area (Å²) in [5, 5.41) is 23.5. The van der Waals surface area contributed by atoms with Crippen molar-refractivity contribution in [3.8, 4) is 11.3 Å². The van der Waals surface area contributed by atoms with Gasteiger partial charge in [-0.3, -0.25) is 4.79 Å². The summed E-state index contributed by atoms with van der Waals surface area (Å²) in [6.07, 6.45) is 8.35. The summed E-state index contributed by atoms with van der Waals surface area (Å²) in [6, 6.07) is 14.5. The summed E-state index contributed by atoms with van der Waals surface area (Å²) in [5.41, 5.74) is 2.95. The number of carbonyl (C=O) groups is 3. The quantitative estimate of drug-likeness (QED) is 0.541. The van der Waals surface area contributed by atoms with Crippen LogP contribution in [0, 0.1) is 0 Å². The van der Waals surface area contributed by atoms with Crippen LogP contribution in [-0.4, -0.2) is 55.2 Å². The largest absolute Gasteiger partial charge is 0.478 e. The van der Waals surface area contributed by atoms with Crippen LogP contribution < -0.4 is 0 Å². The van der Waals surface area contributed by atoms with Crippen LogP contribution in [-0.2, 0) is 14.4 Å². The number of nitrogens with zero attached hydrogens (tertiary/aromatic N) is 3. The summed E-state index contributed by atoms with van der Waals surface area (Å²) >= 11 is 0. The molecule has 3 aromatic rings. The zero-order chi connectivity index (χ0) is 24.1. The van der Waals surface area contributed by atoms with Crippen LogP contribution in [0.1, 0.15) is 31.2 Å². The van der Waals surface area contributed by atoms with Gasteiger partial charge >= 0.3 is 11.9 Å². The van der Waals surface area contributed by atoms with Gasteiger partial charge in [-0.1, -0.05) is 49.2 Å². The average molecular weight is 460 g/mol. The summed E-state index contributed by atoms with van der Waals surface area (Å²) in [7, 11) is 0. The maximum atomic E-state index is 13.3. The van der Waals surface area contributed by atoms with Gasteiger partial charge < -0.3 is 15.1 Å². The van der Waals surface area contributed by atoms with E-state index >= 15 is 0 Å². The van der Waals surface area contributed by atoms with Gasteiger partial charge in [-0.25, -0.2) is 14.1 Å². The number of fused-ring (bicyclic) bond motifs is 1. The lowest BCUT2D eigenvalue weighted by molar-refractivity contribution is -0.136. The molecule has 0 aliphatic carbocycles. The van der Waals surface area contributed by atoms with Gasteiger partial charge in [0.1, 0.15) is 5.69 Å². The first-order chi connectivity index (χ1) is 16.5. The van der Waals surface area contributed by atoms with Crippen molar-refractivity contribution in [3.63, 3.8) is 0 Å². The minimum atomic E-state index is -1.34. The molecule has 8 heteroatoms. The average Bonchev–Trinajstić information content (AvgIpc) is 3.02. The molecule has 1 fully saturated rings. The SMILES string of the molecule is O=C(O)/C=C(\C(=O)O)C1CCCCCN1C(=O)C=Cc1c(-c2ccccc2)nn2ccccc12. The van der Waals surface area contributed by atoms with Gasteiger partial charge in [-0.05, 0) is 31.1 Å². The van der Waals surface area contributed by atoms with Crippen molar-refractivity contribution >= 4 is 29.4 Å². The maximum absolute atomic E-state index is 13.3. The van der Waals surface area contributed by atoms with Crippen molar-refractivity contribution < 1.29 is 24.6 Å². The van der Waals surface area contributed by atoms with Crippen LogP contribution in [0.2, 0.25) is 0 Å². The Morgan fingerprint density at radius 2 is 1.74 bits per heavy atom. The van der Waals surface area contributed by atoms with Gasteiger partial charge in [-0.2, -0.15) is 5.10 Å². The van der Waals surface area contributed by atoms with Gasteiger partial charge in [0, 0.05) is 36.0 Å². The lowest BCUT2D eigenvalue weighted by Gasteiger charge is -2.29. The smallest absolute Gasteiger partial charge is 0.333 e. The molecule has 8 nitrogen and oxygen atoms in total. The molecular formula is C26H25N3O5. The van der Waals surface area contributed by atoms with Crippen molar-refractivity contribution in [1.29, 1.82) is 0 Å². The summed E-state index contributed by atoms with van der Waals surface area (Å²) in [6.45, 7) is 0.360. The number of likely N-dealkylation sites (tertiary alicyclic amines) is 1. The molecule has 1 unspecified atom stereocenters. The number of pyridine rings is 1. The lowest BCUT2D eigenvalue weighted by Crippen LogP contribution is -2.42. The van der Waals surface area contributed by atoms with Gasteiger partial charge in [0.2, 0.25) is 5.91 Å². The number of aromatic nitrogens is 2. The number of hydrogen-bond acceptors (Lipinski definition) is 4. The number of carboxylic acids is 2. The lowest BCUT2D eigenvalue weighted by atomic mass is 10.00. The van der Waals surface area contributed by atoms with Crippen molar-refractivity contribution in [1.82, 2.24) is 14.5 Å². The number of aliphatic carboxylic acids is 2. The number of amides is 1. The molecule has 1 amide bonds. The minimum Gasteiger partial charge on any atom is -0.478 e. The highest BCUT2D eigenvalue weighted by Crippen LogP contribution is 2.28. The maximum Gasteiger partial charge on any atom is 0.333 e. The summed E-state index contributed by atoms with van der Waals surface area (Å²) < 4.78 is 1.75.